The van der Waals surface area contributed by atoms with Gasteiger partial charge in [0.25, 0.3) is 0 Å². The summed E-state index contributed by atoms with van der Waals surface area (Å²) in [6, 6.07) is 63.8. The Bertz CT molecular complexity index is 2900. The quantitative estimate of drug-likeness (QED) is 0.172. The van der Waals surface area contributed by atoms with E-state index in [1.807, 2.05) is 6.20 Å². The second-order valence-corrected chi connectivity index (χ2v) is 13.6. The van der Waals surface area contributed by atoms with Gasteiger partial charge in [-0.1, -0.05) is 109 Å². The van der Waals surface area contributed by atoms with Crippen LogP contribution in [0.25, 0.3) is 98.8 Å². The third-order valence-electron chi connectivity index (χ3n) is 10.8. The van der Waals surface area contributed by atoms with Crippen LogP contribution in [0.1, 0.15) is 0 Å². The Balaban J connectivity index is 1.18. The van der Waals surface area contributed by atoms with Crippen molar-refractivity contribution in [3.05, 3.63) is 188 Å². The summed E-state index contributed by atoms with van der Waals surface area (Å²) in [5.74, 6) is 0. The van der Waals surface area contributed by atoms with Gasteiger partial charge in [-0.15, -0.1) is 0 Å². The summed E-state index contributed by atoms with van der Waals surface area (Å²) >= 11 is 0. The molecule has 0 N–H and O–H groups in total. The highest BCUT2D eigenvalue weighted by molar-refractivity contribution is 6.23. The minimum absolute atomic E-state index is 1.15. The zero-order valence-corrected chi connectivity index (χ0v) is 28.2. The number of fused-ring (bicyclic) bond motifs is 8. The summed E-state index contributed by atoms with van der Waals surface area (Å²) in [4.78, 5) is 4.72. The van der Waals surface area contributed by atoms with Crippen LogP contribution < -0.4 is 0 Å². The SMILES string of the molecule is c1ccc(-n2c3ccccc3c3cc(-c4c5ccccc5c(-c5ccc6c(c5)c5ccccc5n6-c5ccccc5)c5cnccc45)ccc32)cc1. The van der Waals surface area contributed by atoms with Crippen molar-refractivity contribution in [2.75, 3.05) is 0 Å². The Hall–Kier alpha value is -6.97. The maximum absolute atomic E-state index is 4.72. The van der Waals surface area contributed by atoms with E-state index in [2.05, 4.69) is 191 Å². The predicted molar refractivity (Wildman–Crippen MR) is 219 cm³/mol. The second kappa shape index (κ2) is 11.3. The van der Waals surface area contributed by atoms with Gasteiger partial charge in [0.2, 0.25) is 0 Å². The Morgan fingerprint density at radius 3 is 1.23 bits per heavy atom. The molecule has 0 unspecified atom stereocenters. The number of para-hydroxylation sites is 4. The van der Waals surface area contributed by atoms with E-state index in [0.717, 1.165) is 16.8 Å². The van der Waals surface area contributed by atoms with E-state index in [1.54, 1.807) is 0 Å². The summed E-state index contributed by atoms with van der Waals surface area (Å²) < 4.78 is 4.75. The van der Waals surface area contributed by atoms with E-state index in [0.29, 0.717) is 0 Å². The monoisotopic (exact) mass is 661 g/mol. The molecule has 52 heavy (non-hydrogen) atoms. The van der Waals surface area contributed by atoms with Crippen LogP contribution >= 0.6 is 0 Å². The van der Waals surface area contributed by atoms with Gasteiger partial charge in [0.1, 0.15) is 0 Å². The molecule has 0 aliphatic carbocycles. The maximum atomic E-state index is 4.72. The fraction of sp³-hybridized carbons (Fsp3) is 0. The van der Waals surface area contributed by atoms with Gasteiger partial charge in [-0.3, -0.25) is 4.98 Å². The minimum atomic E-state index is 1.15. The smallest absolute Gasteiger partial charge is 0.0541 e. The molecular weight excluding hydrogens is 631 g/mol. The van der Waals surface area contributed by atoms with Crippen LogP contribution in [0, 0.1) is 0 Å². The Morgan fingerprint density at radius 1 is 0.308 bits per heavy atom. The van der Waals surface area contributed by atoms with Crippen molar-refractivity contribution in [2.45, 2.75) is 0 Å². The first-order valence-corrected chi connectivity index (χ1v) is 17.8. The molecule has 3 heteroatoms. The minimum Gasteiger partial charge on any atom is -0.309 e. The lowest BCUT2D eigenvalue weighted by Crippen LogP contribution is -1.94. The molecule has 0 aliphatic heterocycles. The van der Waals surface area contributed by atoms with Gasteiger partial charge >= 0.3 is 0 Å². The van der Waals surface area contributed by atoms with E-state index in [4.69, 9.17) is 4.98 Å². The highest BCUT2D eigenvalue weighted by atomic mass is 15.0. The fourth-order valence-electron chi connectivity index (χ4n) is 8.61. The van der Waals surface area contributed by atoms with Crippen molar-refractivity contribution in [1.82, 2.24) is 14.1 Å². The lowest BCUT2D eigenvalue weighted by molar-refractivity contribution is 1.18. The standard InChI is InChI=1S/C49H31N3/c1-3-13-34(14-4-1)51-44-21-11-9-17-36(44)41-29-32(23-25-46(41)51)48-38-19-7-8-20-39(38)49(43-31-50-28-27-40(43)48)33-24-26-47-42(30-33)37-18-10-12-22-45(37)52(47)35-15-5-2-6-16-35/h1-31H. The number of pyridine rings is 1. The summed E-state index contributed by atoms with van der Waals surface area (Å²) in [7, 11) is 0. The Labute approximate surface area is 300 Å². The van der Waals surface area contributed by atoms with E-state index in [-0.39, 0.29) is 0 Å². The molecule has 0 radical (unpaired) electrons. The molecule has 0 aliphatic rings. The van der Waals surface area contributed by atoms with Crippen LogP contribution in [-0.2, 0) is 0 Å². The van der Waals surface area contributed by atoms with Crippen molar-refractivity contribution in [3.63, 3.8) is 0 Å². The van der Waals surface area contributed by atoms with Crippen LogP contribution in [0.5, 0.6) is 0 Å². The first-order valence-electron chi connectivity index (χ1n) is 17.8. The van der Waals surface area contributed by atoms with Crippen LogP contribution in [0.4, 0.5) is 0 Å². The van der Waals surface area contributed by atoms with Gasteiger partial charge in [0, 0.05) is 50.7 Å². The molecule has 0 fully saturated rings. The van der Waals surface area contributed by atoms with Gasteiger partial charge in [0.15, 0.2) is 0 Å². The molecule has 0 bridgehead atoms. The van der Waals surface area contributed by atoms with Crippen molar-refractivity contribution in [3.8, 4) is 33.6 Å². The van der Waals surface area contributed by atoms with Crippen molar-refractivity contribution in [2.24, 2.45) is 0 Å². The predicted octanol–water partition coefficient (Wildman–Crippen LogP) is 12.9. The molecule has 11 rings (SSSR count). The van der Waals surface area contributed by atoms with E-state index < -0.39 is 0 Å². The van der Waals surface area contributed by atoms with Gasteiger partial charge in [-0.25, -0.2) is 0 Å². The average Bonchev–Trinajstić information content (AvgIpc) is 3.73. The fourth-order valence-corrected chi connectivity index (χ4v) is 8.61. The average molecular weight is 662 g/mol. The highest BCUT2D eigenvalue weighted by Gasteiger charge is 2.20. The zero-order chi connectivity index (χ0) is 34.2. The number of benzene rings is 8. The second-order valence-electron chi connectivity index (χ2n) is 13.6. The third-order valence-corrected chi connectivity index (χ3v) is 10.8. The molecule has 3 heterocycles. The van der Waals surface area contributed by atoms with Crippen molar-refractivity contribution < 1.29 is 0 Å². The number of hydrogen-bond acceptors (Lipinski definition) is 1. The molecule has 0 saturated carbocycles. The summed E-state index contributed by atoms with van der Waals surface area (Å²) in [6.07, 6.45) is 3.98. The third kappa shape index (κ3) is 4.17. The summed E-state index contributed by atoms with van der Waals surface area (Å²) in [6.45, 7) is 0. The summed E-state index contributed by atoms with van der Waals surface area (Å²) in [5.41, 5.74) is 12.0. The molecule has 11 aromatic rings. The van der Waals surface area contributed by atoms with Gasteiger partial charge in [-0.2, -0.15) is 0 Å². The van der Waals surface area contributed by atoms with Gasteiger partial charge in [-0.05, 0) is 105 Å². The van der Waals surface area contributed by atoms with E-state index in [9.17, 15) is 0 Å². The lowest BCUT2D eigenvalue weighted by atomic mass is 9.86. The topological polar surface area (TPSA) is 22.8 Å². The number of rotatable bonds is 4. The van der Waals surface area contributed by atoms with Crippen LogP contribution in [0.15, 0.2) is 188 Å². The van der Waals surface area contributed by atoms with Gasteiger partial charge < -0.3 is 9.13 Å². The maximum Gasteiger partial charge on any atom is 0.0541 e. The Kier molecular flexibility index (Phi) is 6.25. The van der Waals surface area contributed by atoms with Crippen LogP contribution in [0.3, 0.4) is 0 Å². The summed E-state index contributed by atoms with van der Waals surface area (Å²) in [5, 5.41) is 9.77. The molecule has 8 aromatic carbocycles. The van der Waals surface area contributed by atoms with Crippen molar-refractivity contribution in [1.29, 1.82) is 0 Å². The molecule has 3 nitrogen and oxygen atoms in total. The van der Waals surface area contributed by atoms with Gasteiger partial charge in [0.05, 0.1) is 22.1 Å². The first kappa shape index (κ1) is 28.8. The molecule has 0 amide bonds. The molecule has 0 atom stereocenters. The number of hydrogen-bond donors (Lipinski definition) is 0. The van der Waals surface area contributed by atoms with Crippen LogP contribution in [0.2, 0.25) is 0 Å². The molecule has 0 spiro atoms. The first-order chi connectivity index (χ1) is 25.8. The normalized spacial score (nSPS) is 11.8. The molecule has 242 valence electrons. The largest absolute Gasteiger partial charge is 0.309 e. The zero-order valence-electron chi connectivity index (χ0n) is 28.2. The number of nitrogens with zero attached hydrogens (tertiary/aromatic N) is 3. The molecule has 0 saturated heterocycles. The van der Waals surface area contributed by atoms with E-state index >= 15 is 0 Å². The Morgan fingerprint density at radius 2 is 0.712 bits per heavy atom. The number of aromatic nitrogens is 3. The molecule has 3 aromatic heterocycles. The van der Waals surface area contributed by atoms with Crippen molar-refractivity contribution >= 4 is 65.2 Å². The lowest BCUT2D eigenvalue weighted by Gasteiger charge is -2.18. The molecular formula is C49H31N3. The highest BCUT2D eigenvalue weighted by Crippen LogP contribution is 2.46. The van der Waals surface area contributed by atoms with E-state index in [1.165, 1.54) is 82.0 Å². The van der Waals surface area contributed by atoms with Crippen LogP contribution in [-0.4, -0.2) is 14.1 Å².